The first kappa shape index (κ1) is 10.7. The number of aryl methyl sites for hydroxylation is 2. The zero-order valence-electron chi connectivity index (χ0n) is 9.66. The van der Waals surface area contributed by atoms with Gasteiger partial charge < -0.3 is 5.73 Å². The number of benzene rings is 1. The maximum atomic E-state index is 11.8. The normalized spacial score (nSPS) is 24.2. The van der Waals surface area contributed by atoms with E-state index in [0.717, 1.165) is 11.1 Å². The Morgan fingerprint density at radius 2 is 2.00 bits per heavy atom. The summed E-state index contributed by atoms with van der Waals surface area (Å²) in [4.78, 5) is 16.0. The number of amides is 1. The summed E-state index contributed by atoms with van der Waals surface area (Å²) in [5, 5.41) is 2.53. The van der Waals surface area contributed by atoms with Crippen molar-refractivity contribution in [2.45, 2.75) is 26.3 Å². The van der Waals surface area contributed by atoms with Crippen molar-refractivity contribution in [3.05, 3.63) is 34.9 Å². The molecule has 16 heavy (non-hydrogen) atoms. The van der Waals surface area contributed by atoms with E-state index in [1.165, 1.54) is 5.56 Å². The number of rotatable bonds is 1. The number of hydrogen-bond donors (Lipinski definition) is 2. The lowest BCUT2D eigenvalue weighted by Gasteiger charge is -2.19. The molecule has 4 nitrogen and oxygen atoms in total. The minimum absolute atomic E-state index is 0.173. The second-order valence-corrected chi connectivity index (χ2v) is 4.32. The van der Waals surface area contributed by atoms with E-state index in [9.17, 15) is 4.79 Å². The molecule has 0 aliphatic carbocycles. The fourth-order valence-corrected chi connectivity index (χ4v) is 1.80. The molecule has 0 saturated carbocycles. The second-order valence-electron chi connectivity index (χ2n) is 4.32. The molecule has 1 aromatic rings. The first-order valence-electron chi connectivity index (χ1n) is 5.18. The lowest BCUT2D eigenvalue weighted by molar-refractivity contribution is -0.123. The summed E-state index contributed by atoms with van der Waals surface area (Å²) >= 11 is 0. The number of nitrogens with zero attached hydrogens (tertiary/aromatic N) is 1. The topological polar surface area (TPSA) is 67.5 Å². The van der Waals surface area contributed by atoms with Crippen LogP contribution in [0.5, 0.6) is 0 Å². The van der Waals surface area contributed by atoms with E-state index in [-0.39, 0.29) is 11.9 Å². The third-order valence-electron chi connectivity index (χ3n) is 3.10. The minimum Gasteiger partial charge on any atom is -0.370 e. The molecule has 1 aliphatic heterocycles. The first-order chi connectivity index (χ1) is 7.43. The largest absolute Gasteiger partial charge is 0.370 e. The van der Waals surface area contributed by atoms with Crippen molar-refractivity contribution < 1.29 is 4.79 Å². The van der Waals surface area contributed by atoms with Crippen LogP contribution in [0.4, 0.5) is 0 Å². The Labute approximate surface area is 94.6 Å². The van der Waals surface area contributed by atoms with Crippen LogP contribution in [0, 0.1) is 13.8 Å². The summed E-state index contributed by atoms with van der Waals surface area (Å²) in [6.07, 6.45) is 0. The molecule has 2 rings (SSSR count). The second kappa shape index (κ2) is 3.33. The Morgan fingerprint density at radius 3 is 2.50 bits per heavy atom. The van der Waals surface area contributed by atoms with Gasteiger partial charge in [0, 0.05) is 0 Å². The van der Waals surface area contributed by atoms with Crippen molar-refractivity contribution >= 4 is 11.9 Å². The summed E-state index contributed by atoms with van der Waals surface area (Å²) in [6.45, 7) is 5.82. The van der Waals surface area contributed by atoms with Gasteiger partial charge in [-0.2, -0.15) is 0 Å². The Hall–Kier alpha value is -1.84. The monoisotopic (exact) mass is 217 g/mol. The molecular formula is C12H15N3O. The van der Waals surface area contributed by atoms with E-state index in [1.807, 2.05) is 32.0 Å². The third-order valence-corrected chi connectivity index (χ3v) is 3.10. The summed E-state index contributed by atoms with van der Waals surface area (Å²) in [6, 6.07) is 5.90. The first-order valence-corrected chi connectivity index (χ1v) is 5.18. The number of guanidine groups is 1. The molecule has 1 aliphatic rings. The van der Waals surface area contributed by atoms with Gasteiger partial charge in [0.2, 0.25) is 0 Å². The fraction of sp³-hybridized carbons (Fsp3) is 0.333. The molecule has 1 amide bonds. The standard InChI is InChI=1S/C12H15N3O/c1-7-4-5-9(6-8(7)2)12(3)10(16)14-11(13)15-12/h4-6H,1-3H3,(H3,13,14,15,16). The van der Waals surface area contributed by atoms with Crippen LogP contribution in [-0.4, -0.2) is 11.9 Å². The Morgan fingerprint density at radius 1 is 1.31 bits per heavy atom. The van der Waals surface area contributed by atoms with Crippen LogP contribution in [-0.2, 0) is 10.3 Å². The van der Waals surface area contributed by atoms with Crippen LogP contribution in [0.3, 0.4) is 0 Å². The van der Waals surface area contributed by atoms with Crippen LogP contribution in [0.2, 0.25) is 0 Å². The van der Waals surface area contributed by atoms with Gasteiger partial charge in [0.25, 0.3) is 5.91 Å². The van der Waals surface area contributed by atoms with Gasteiger partial charge in [0.05, 0.1) is 0 Å². The van der Waals surface area contributed by atoms with Gasteiger partial charge in [-0.05, 0) is 37.5 Å². The highest BCUT2D eigenvalue weighted by atomic mass is 16.2. The lowest BCUT2D eigenvalue weighted by atomic mass is 9.90. The van der Waals surface area contributed by atoms with E-state index < -0.39 is 5.54 Å². The van der Waals surface area contributed by atoms with Gasteiger partial charge in [0.15, 0.2) is 11.5 Å². The molecule has 0 aromatic heterocycles. The van der Waals surface area contributed by atoms with Gasteiger partial charge >= 0.3 is 0 Å². The lowest BCUT2D eigenvalue weighted by Crippen LogP contribution is -2.37. The number of nitrogens with two attached hydrogens (primary N) is 1. The average Bonchev–Trinajstić information content (AvgIpc) is 2.46. The van der Waals surface area contributed by atoms with E-state index in [2.05, 4.69) is 10.3 Å². The quantitative estimate of drug-likeness (QED) is 0.735. The summed E-state index contributed by atoms with van der Waals surface area (Å²) < 4.78 is 0. The summed E-state index contributed by atoms with van der Waals surface area (Å²) in [7, 11) is 0. The van der Waals surface area contributed by atoms with Crippen LogP contribution < -0.4 is 11.1 Å². The highest BCUT2D eigenvalue weighted by Gasteiger charge is 2.40. The molecule has 3 N–H and O–H groups in total. The average molecular weight is 217 g/mol. The SMILES string of the molecule is Cc1ccc(C2(C)N=C(N)NC2=O)cc1C. The van der Waals surface area contributed by atoms with Gasteiger partial charge in [0.1, 0.15) is 0 Å². The Balaban J connectivity index is 2.51. The van der Waals surface area contributed by atoms with Gasteiger partial charge in [-0.25, -0.2) is 4.99 Å². The van der Waals surface area contributed by atoms with E-state index in [4.69, 9.17) is 5.73 Å². The number of nitrogens with one attached hydrogen (secondary N) is 1. The van der Waals surface area contributed by atoms with E-state index >= 15 is 0 Å². The zero-order valence-corrected chi connectivity index (χ0v) is 9.66. The number of hydrogen-bond acceptors (Lipinski definition) is 3. The van der Waals surface area contributed by atoms with Crippen molar-refractivity contribution in [2.75, 3.05) is 0 Å². The molecule has 1 aromatic carbocycles. The molecular weight excluding hydrogens is 202 g/mol. The van der Waals surface area contributed by atoms with Gasteiger partial charge in [-0.1, -0.05) is 18.2 Å². The Kier molecular flexibility index (Phi) is 2.22. The molecule has 4 heteroatoms. The molecule has 0 spiro atoms. The van der Waals surface area contributed by atoms with Gasteiger partial charge in [-0.15, -0.1) is 0 Å². The van der Waals surface area contributed by atoms with Crippen LogP contribution >= 0.6 is 0 Å². The molecule has 0 bridgehead atoms. The van der Waals surface area contributed by atoms with Crippen LogP contribution in [0.15, 0.2) is 23.2 Å². The van der Waals surface area contributed by atoms with Crippen molar-refractivity contribution in [1.82, 2.24) is 5.32 Å². The van der Waals surface area contributed by atoms with Crippen molar-refractivity contribution in [3.8, 4) is 0 Å². The zero-order chi connectivity index (χ0) is 11.9. The van der Waals surface area contributed by atoms with Crippen molar-refractivity contribution in [2.24, 2.45) is 10.7 Å². The molecule has 0 saturated heterocycles. The van der Waals surface area contributed by atoms with Crippen LogP contribution in [0.25, 0.3) is 0 Å². The van der Waals surface area contributed by atoms with Crippen molar-refractivity contribution in [3.63, 3.8) is 0 Å². The summed E-state index contributed by atoms with van der Waals surface area (Å²) in [5.74, 6) is 0.0129. The third kappa shape index (κ3) is 1.46. The highest BCUT2D eigenvalue weighted by Crippen LogP contribution is 2.29. The maximum absolute atomic E-state index is 11.8. The molecule has 1 atom stereocenters. The van der Waals surface area contributed by atoms with Crippen molar-refractivity contribution in [1.29, 1.82) is 0 Å². The van der Waals surface area contributed by atoms with Gasteiger partial charge in [-0.3, -0.25) is 10.1 Å². The highest BCUT2D eigenvalue weighted by molar-refractivity contribution is 6.06. The summed E-state index contributed by atoms with van der Waals surface area (Å²) in [5.41, 5.74) is 7.85. The smallest absolute Gasteiger partial charge is 0.259 e. The predicted octanol–water partition coefficient (Wildman–Crippen LogP) is 0.963. The van der Waals surface area contributed by atoms with E-state index in [1.54, 1.807) is 6.92 Å². The maximum Gasteiger partial charge on any atom is 0.259 e. The fourth-order valence-electron chi connectivity index (χ4n) is 1.80. The number of carbonyl (C=O) groups is 1. The minimum atomic E-state index is -0.886. The number of carbonyl (C=O) groups excluding carboxylic acids is 1. The molecule has 1 unspecified atom stereocenters. The number of aliphatic imine (C=N–C) groups is 1. The van der Waals surface area contributed by atoms with E-state index in [0.29, 0.717) is 0 Å². The predicted molar refractivity (Wildman–Crippen MR) is 63.0 cm³/mol. The Bertz CT molecular complexity index is 493. The van der Waals surface area contributed by atoms with Crippen LogP contribution in [0.1, 0.15) is 23.6 Å². The molecule has 84 valence electrons. The molecule has 0 fully saturated rings. The molecule has 0 radical (unpaired) electrons. The molecule has 1 heterocycles.